The van der Waals surface area contributed by atoms with Gasteiger partial charge < -0.3 is 9.47 Å². The summed E-state index contributed by atoms with van der Waals surface area (Å²) in [5, 5.41) is 0. The Bertz CT molecular complexity index is 179. The summed E-state index contributed by atoms with van der Waals surface area (Å²) in [6, 6.07) is 0. The van der Waals surface area contributed by atoms with E-state index in [2.05, 4.69) is 0 Å². The highest BCUT2D eigenvalue weighted by atomic mass is 16.7. The van der Waals surface area contributed by atoms with Gasteiger partial charge in [0.05, 0.1) is 6.10 Å². The van der Waals surface area contributed by atoms with E-state index >= 15 is 0 Å². The highest BCUT2D eigenvalue weighted by Gasteiger charge is 2.27. The minimum absolute atomic E-state index is 0.0370. The van der Waals surface area contributed by atoms with Crippen molar-refractivity contribution in [1.82, 2.24) is 0 Å². The molecule has 0 saturated carbocycles. The Morgan fingerprint density at radius 1 is 1.21 bits per heavy atom. The van der Waals surface area contributed by atoms with Crippen molar-refractivity contribution >= 4 is 6.16 Å². The van der Waals surface area contributed by atoms with Gasteiger partial charge in [0.1, 0.15) is 6.10 Å². The molecule has 0 aromatic heterocycles. The van der Waals surface area contributed by atoms with Crippen LogP contribution in [0.4, 0.5) is 4.79 Å². The van der Waals surface area contributed by atoms with E-state index in [1.54, 1.807) is 13.8 Å². The molecule has 14 heavy (non-hydrogen) atoms. The van der Waals surface area contributed by atoms with E-state index in [0.717, 1.165) is 6.42 Å². The van der Waals surface area contributed by atoms with Crippen molar-refractivity contribution in [3.05, 3.63) is 0 Å². The monoisotopic (exact) mass is 202 g/mol. The summed E-state index contributed by atoms with van der Waals surface area (Å²) in [5.74, 6) is 0. The lowest BCUT2D eigenvalue weighted by Gasteiger charge is -2.29. The van der Waals surface area contributed by atoms with Crippen molar-refractivity contribution in [3.8, 4) is 0 Å². The van der Waals surface area contributed by atoms with Gasteiger partial charge in [-0.3, -0.25) is 0 Å². The molecule has 0 amide bonds. The van der Waals surface area contributed by atoms with Gasteiger partial charge >= 0.3 is 6.16 Å². The van der Waals surface area contributed by atoms with Crippen LogP contribution in [-0.2, 0) is 9.47 Å². The molecule has 0 N–H and O–H groups in total. The van der Waals surface area contributed by atoms with Crippen molar-refractivity contribution in [2.75, 3.05) is 0 Å². The van der Waals surface area contributed by atoms with Crippen LogP contribution >= 0.6 is 0 Å². The van der Waals surface area contributed by atoms with E-state index in [4.69, 9.17) is 9.47 Å². The Hall–Kier alpha value is -0.730. The minimum atomic E-state index is -0.568. The van der Waals surface area contributed by atoms with Gasteiger partial charge in [-0.1, -0.05) is 27.7 Å². The fourth-order valence-corrected chi connectivity index (χ4v) is 1.21. The standard InChI is InChI=1S/C11H22O3/c1-7-9(11(4,5)6)14-10(12)13-8(2)3/h8-9H,7H2,1-6H3. The van der Waals surface area contributed by atoms with Gasteiger partial charge in [0.25, 0.3) is 0 Å². The maximum atomic E-state index is 11.2. The van der Waals surface area contributed by atoms with E-state index in [9.17, 15) is 4.79 Å². The number of hydrogen-bond donors (Lipinski definition) is 0. The number of ether oxygens (including phenoxy) is 2. The second-order valence-corrected chi connectivity index (χ2v) is 4.80. The van der Waals surface area contributed by atoms with Crippen LogP contribution in [0.25, 0.3) is 0 Å². The highest BCUT2D eigenvalue weighted by Crippen LogP contribution is 2.25. The molecular weight excluding hydrogens is 180 g/mol. The second-order valence-electron chi connectivity index (χ2n) is 4.80. The SMILES string of the molecule is CCC(OC(=O)OC(C)C)C(C)(C)C. The van der Waals surface area contributed by atoms with Crippen molar-refractivity contribution in [1.29, 1.82) is 0 Å². The summed E-state index contributed by atoms with van der Waals surface area (Å²) in [6.07, 6.45) is 0.0203. The Kier molecular flexibility index (Phi) is 4.95. The third-order valence-electron chi connectivity index (χ3n) is 1.91. The van der Waals surface area contributed by atoms with Gasteiger partial charge in [-0.25, -0.2) is 4.79 Å². The zero-order chi connectivity index (χ0) is 11.4. The predicted octanol–water partition coefficient (Wildman–Crippen LogP) is 3.37. The fourth-order valence-electron chi connectivity index (χ4n) is 1.21. The summed E-state index contributed by atoms with van der Waals surface area (Å²) >= 11 is 0. The molecule has 84 valence electrons. The molecule has 0 fully saturated rings. The highest BCUT2D eigenvalue weighted by molar-refractivity contribution is 5.60. The molecule has 0 aliphatic heterocycles. The first-order valence-electron chi connectivity index (χ1n) is 5.14. The zero-order valence-electron chi connectivity index (χ0n) is 10.1. The molecule has 3 nitrogen and oxygen atoms in total. The molecule has 0 bridgehead atoms. The largest absolute Gasteiger partial charge is 0.508 e. The molecule has 0 heterocycles. The molecule has 1 atom stereocenters. The number of carbonyl (C=O) groups is 1. The number of carbonyl (C=O) groups excluding carboxylic acids is 1. The normalized spacial score (nSPS) is 13.9. The van der Waals surface area contributed by atoms with Crippen LogP contribution in [0.1, 0.15) is 48.0 Å². The first-order chi connectivity index (χ1) is 6.27. The first kappa shape index (κ1) is 13.3. The Morgan fingerprint density at radius 2 is 1.71 bits per heavy atom. The van der Waals surface area contributed by atoms with Crippen LogP contribution in [0, 0.1) is 5.41 Å². The molecule has 3 heteroatoms. The molecule has 1 unspecified atom stereocenters. The lowest BCUT2D eigenvalue weighted by atomic mass is 9.87. The maximum Gasteiger partial charge on any atom is 0.508 e. The number of rotatable bonds is 3. The third kappa shape index (κ3) is 5.10. The smallest absolute Gasteiger partial charge is 0.432 e. The van der Waals surface area contributed by atoms with E-state index in [1.165, 1.54) is 0 Å². The van der Waals surface area contributed by atoms with Gasteiger partial charge in [0, 0.05) is 0 Å². The second kappa shape index (κ2) is 5.23. The molecule has 0 saturated heterocycles. The van der Waals surface area contributed by atoms with Crippen LogP contribution in [0.2, 0.25) is 0 Å². The van der Waals surface area contributed by atoms with E-state index in [-0.39, 0.29) is 17.6 Å². The minimum Gasteiger partial charge on any atom is -0.432 e. The Labute approximate surface area is 86.8 Å². The summed E-state index contributed by atoms with van der Waals surface area (Å²) < 4.78 is 10.1. The molecule has 0 aromatic carbocycles. The van der Waals surface area contributed by atoms with Crippen LogP contribution in [0.3, 0.4) is 0 Å². The lowest BCUT2D eigenvalue weighted by molar-refractivity contribution is -0.0291. The van der Waals surface area contributed by atoms with Gasteiger partial charge in [0.2, 0.25) is 0 Å². The molecule has 0 rings (SSSR count). The van der Waals surface area contributed by atoms with Crippen molar-refractivity contribution in [2.24, 2.45) is 5.41 Å². The first-order valence-corrected chi connectivity index (χ1v) is 5.14. The van der Waals surface area contributed by atoms with Crippen LogP contribution in [0.5, 0.6) is 0 Å². The Balaban J connectivity index is 4.13. The van der Waals surface area contributed by atoms with Gasteiger partial charge in [0.15, 0.2) is 0 Å². The zero-order valence-corrected chi connectivity index (χ0v) is 10.1. The molecule has 0 aliphatic carbocycles. The number of hydrogen-bond acceptors (Lipinski definition) is 3. The Morgan fingerprint density at radius 3 is 2.00 bits per heavy atom. The van der Waals surface area contributed by atoms with E-state index in [1.807, 2.05) is 27.7 Å². The predicted molar refractivity (Wildman–Crippen MR) is 56.2 cm³/mol. The topological polar surface area (TPSA) is 35.5 Å². The third-order valence-corrected chi connectivity index (χ3v) is 1.91. The van der Waals surface area contributed by atoms with Gasteiger partial charge in [-0.2, -0.15) is 0 Å². The van der Waals surface area contributed by atoms with Crippen molar-refractivity contribution in [3.63, 3.8) is 0 Å². The lowest BCUT2D eigenvalue weighted by Crippen LogP contribution is -2.32. The van der Waals surface area contributed by atoms with E-state index in [0.29, 0.717) is 0 Å². The van der Waals surface area contributed by atoms with Crippen LogP contribution < -0.4 is 0 Å². The van der Waals surface area contributed by atoms with Crippen molar-refractivity contribution < 1.29 is 14.3 Å². The van der Waals surface area contributed by atoms with Crippen LogP contribution in [0.15, 0.2) is 0 Å². The molecular formula is C11H22O3. The fraction of sp³-hybridized carbons (Fsp3) is 0.909. The van der Waals surface area contributed by atoms with Gasteiger partial charge in [-0.15, -0.1) is 0 Å². The molecule has 0 aromatic rings. The van der Waals surface area contributed by atoms with Crippen LogP contribution in [-0.4, -0.2) is 18.4 Å². The average molecular weight is 202 g/mol. The molecule has 0 radical (unpaired) electrons. The van der Waals surface area contributed by atoms with Gasteiger partial charge in [-0.05, 0) is 25.7 Å². The maximum absolute atomic E-state index is 11.2. The quantitative estimate of drug-likeness (QED) is 0.658. The average Bonchev–Trinajstić information content (AvgIpc) is 1.96. The summed E-state index contributed by atoms with van der Waals surface area (Å²) in [6.45, 7) is 11.7. The summed E-state index contributed by atoms with van der Waals surface area (Å²) in [7, 11) is 0. The summed E-state index contributed by atoms with van der Waals surface area (Å²) in [4.78, 5) is 11.2. The molecule has 0 spiro atoms. The summed E-state index contributed by atoms with van der Waals surface area (Å²) in [5.41, 5.74) is -0.0370. The van der Waals surface area contributed by atoms with E-state index < -0.39 is 6.16 Å². The molecule has 0 aliphatic rings. The van der Waals surface area contributed by atoms with Crippen molar-refractivity contribution in [2.45, 2.75) is 60.2 Å².